The van der Waals surface area contributed by atoms with E-state index in [0.29, 0.717) is 22.8 Å². The molecule has 0 bridgehead atoms. The highest BCUT2D eigenvalue weighted by Crippen LogP contribution is 2.35. The Hall–Kier alpha value is -4.34. The number of Topliss-reactive ketones (excluding diaryl/α,β-unsaturated/α-hetero) is 1. The Morgan fingerprint density at radius 2 is 1.69 bits per heavy atom. The van der Waals surface area contributed by atoms with Gasteiger partial charge in [0.2, 0.25) is 11.7 Å². The number of hydrogen-bond acceptors (Lipinski definition) is 7. The maximum Gasteiger partial charge on any atom is 0.322 e. The summed E-state index contributed by atoms with van der Waals surface area (Å²) in [4.78, 5) is 46.1. The molecule has 3 N–H and O–H groups in total. The molecule has 10 nitrogen and oxygen atoms in total. The quantitative estimate of drug-likeness (QED) is 0.491. The summed E-state index contributed by atoms with van der Waals surface area (Å²) < 4.78 is 16.1. The Morgan fingerprint density at radius 1 is 1.00 bits per heavy atom. The van der Waals surface area contributed by atoms with Crippen molar-refractivity contribution in [1.29, 1.82) is 0 Å². The average molecular weight is 440 g/mol. The summed E-state index contributed by atoms with van der Waals surface area (Å²) in [5, 5.41) is 12.9. The van der Waals surface area contributed by atoms with Crippen LogP contribution in [0.15, 0.2) is 48.2 Å². The zero-order chi connectivity index (χ0) is 23.1. The van der Waals surface area contributed by atoms with Gasteiger partial charge in [0.15, 0.2) is 12.4 Å². The Morgan fingerprint density at radius 3 is 2.38 bits per heavy atom. The molecule has 2 aromatic rings. The lowest BCUT2D eigenvalue weighted by Gasteiger charge is -2.08. The number of carboxylic acid groups (broad SMARTS) is 1. The van der Waals surface area contributed by atoms with Gasteiger partial charge in [-0.05, 0) is 35.9 Å². The predicted molar refractivity (Wildman–Crippen MR) is 112 cm³/mol. The van der Waals surface area contributed by atoms with Gasteiger partial charge in [0.25, 0.3) is 5.91 Å². The number of rotatable bonds is 9. The van der Waals surface area contributed by atoms with Crippen molar-refractivity contribution in [3.63, 3.8) is 0 Å². The molecule has 2 amide bonds. The molecule has 166 valence electrons. The average Bonchev–Trinajstić information content (AvgIpc) is 3.09. The number of aliphatic carboxylic acids is 1. The van der Waals surface area contributed by atoms with Crippen molar-refractivity contribution in [2.75, 3.05) is 26.8 Å². The number of benzene rings is 2. The van der Waals surface area contributed by atoms with E-state index < -0.39 is 24.3 Å². The summed E-state index contributed by atoms with van der Waals surface area (Å²) in [7, 11) is 1.57. The molecule has 0 saturated carbocycles. The van der Waals surface area contributed by atoms with Crippen LogP contribution in [0, 0.1) is 0 Å². The topological polar surface area (TPSA) is 140 Å². The molecule has 0 radical (unpaired) electrons. The van der Waals surface area contributed by atoms with Crippen LogP contribution in [-0.2, 0) is 14.4 Å². The molecule has 3 rings (SSSR count). The van der Waals surface area contributed by atoms with Crippen LogP contribution in [0.2, 0.25) is 0 Å². The van der Waals surface area contributed by atoms with Crippen LogP contribution in [0.3, 0.4) is 0 Å². The Labute approximate surface area is 182 Å². The molecule has 0 atom stereocenters. The lowest BCUT2D eigenvalue weighted by molar-refractivity contribution is -0.137. The Kier molecular flexibility index (Phi) is 7.06. The van der Waals surface area contributed by atoms with Crippen LogP contribution in [0.4, 0.5) is 0 Å². The first-order valence-electron chi connectivity index (χ1n) is 9.46. The van der Waals surface area contributed by atoms with E-state index in [-0.39, 0.29) is 24.7 Å². The lowest BCUT2D eigenvalue weighted by Crippen LogP contribution is -2.40. The van der Waals surface area contributed by atoms with Gasteiger partial charge < -0.3 is 30.0 Å². The van der Waals surface area contributed by atoms with Crippen LogP contribution in [0.5, 0.6) is 17.2 Å². The fourth-order valence-corrected chi connectivity index (χ4v) is 2.72. The summed E-state index contributed by atoms with van der Waals surface area (Å²) in [6, 6.07) is 11.7. The number of methoxy groups -OCH3 is 1. The highest BCUT2D eigenvalue weighted by Gasteiger charge is 2.27. The molecule has 0 aromatic heterocycles. The molecule has 1 aliphatic heterocycles. The first-order chi connectivity index (χ1) is 15.4. The van der Waals surface area contributed by atoms with Crippen molar-refractivity contribution in [3.05, 3.63) is 59.4 Å². The van der Waals surface area contributed by atoms with E-state index in [1.54, 1.807) is 43.5 Å². The van der Waals surface area contributed by atoms with Crippen LogP contribution < -0.4 is 24.8 Å². The first kappa shape index (κ1) is 22.3. The second-order valence-electron chi connectivity index (χ2n) is 6.61. The van der Waals surface area contributed by atoms with Gasteiger partial charge in [-0.15, -0.1) is 0 Å². The van der Waals surface area contributed by atoms with Crippen molar-refractivity contribution in [2.45, 2.75) is 0 Å². The molecule has 0 aliphatic carbocycles. The third-order valence-corrected chi connectivity index (χ3v) is 4.31. The predicted octanol–water partition coefficient (Wildman–Crippen LogP) is 1.01. The van der Waals surface area contributed by atoms with Crippen molar-refractivity contribution >= 4 is 29.6 Å². The number of carboxylic acids is 1. The molecule has 2 aromatic carbocycles. The summed E-state index contributed by atoms with van der Waals surface area (Å²) >= 11 is 0. The number of hydrogen-bond donors (Lipinski definition) is 3. The number of fused-ring (bicyclic) bond motifs is 1. The maximum absolute atomic E-state index is 12.5. The largest absolute Gasteiger partial charge is 0.497 e. The Balaban J connectivity index is 1.54. The number of amides is 2. The van der Waals surface area contributed by atoms with Gasteiger partial charge in [-0.25, -0.2) is 0 Å². The number of nitrogens with one attached hydrogen (secondary N) is 2. The van der Waals surface area contributed by atoms with Gasteiger partial charge in [0.1, 0.15) is 23.8 Å². The van der Waals surface area contributed by atoms with Gasteiger partial charge in [-0.3, -0.25) is 19.2 Å². The smallest absolute Gasteiger partial charge is 0.322 e. The van der Waals surface area contributed by atoms with Crippen LogP contribution >= 0.6 is 0 Å². The molecule has 0 fully saturated rings. The molecule has 10 heteroatoms. The van der Waals surface area contributed by atoms with Crippen LogP contribution in [0.25, 0.3) is 6.08 Å². The summed E-state index contributed by atoms with van der Waals surface area (Å²) in [5.41, 5.74) is 1.14. The minimum atomic E-state index is -1.19. The summed E-state index contributed by atoms with van der Waals surface area (Å²) in [5.74, 6) is -1.21. The van der Waals surface area contributed by atoms with E-state index in [4.69, 9.17) is 19.3 Å². The number of carbonyl (C=O) groups is 4. The van der Waals surface area contributed by atoms with Crippen molar-refractivity contribution < 1.29 is 38.5 Å². The number of carbonyl (C=O) groups excluding carboxylic acids is 3. The minimum absolute atomic E-state index is 0.160. The molecule has 0 spiro atoms. The van der Waals surface area contributed by atoms with Gasteiger partial charge >= 0.3 is 5.97 Å². The number of ether oxygens (including phenoxy) is 3. The zero-order valence-electron chi connectivity index (χ0n) is 17.0. The van der Waals surface area contributed by atoms with Crippen LogP contribution in [-0.4, -0.2) is 55.5 Å². The SMILES string of the molecule is COc1ccc(C=C2Oc3cc(OCC(=O)NCC(=O)NCC(=O)O)ccc3C2=O)cc1. The highest BCUT2D eigenvalue weighted by atomic mass is 16.5. The number of allylic oxidation sites excluding steroid dienone is 1. The van der Waals surface area contributed by atoms with Crippen LogP contribution in [0.1, 0.15) is 15.9 Å². The lowest BCUT2D eigenvalue weighted by atomic mass is 10.1. The monoisotopic (exact) mass is 440 g/mol. The molecule has 32 heavy (non-hydrogen) atoms. The van der Waals surface area contributed by atoms with Gasteiger partial charge in [0, 0.05) is 6.07 Å². The summed E-state index contributed by atoms with van der Waals surface area (Å²) in [6.07, 6.45) is 1.62. The van der Waals surface area contributed by atoms with Crippen molar-refractivity contribution in [2.24, 2.45) is 0 Å². The van der Waals surface area contributed by atoms with Crippen molar-refractivity contribution in [1.82, 2.24) is 10.6 Å². The summed E-state index contributed by atoms with van der Waals surface area (Å²) in [6.45, 7) is -1.29. The van der Waals surface area contributed by atoms with Gasteiger partial charge in [-0.2, -0.15) is 0 Å². The maximum atomic E-state index is 12.5. The van der Waals surface area contributed by atoms with Gasteiger partial charge in [-0.1, -0.05) is 12.1 Å². The second-order valence-corrected chi connectivity index (χ2v) is 6.61. The van der Waals surface area contributed by atoms with E-state index in [1.165, 1.54) is 12.1 Å². The fraction of sp³-hybridized carbons (Fsp3) is 0.182. The standard InChI is InChI=1S/C22H20N2O8/c1-30-14-4-2-13(3-5-14)8-18-22(29)16-7-6-15(9-17(16)32-18)31-12-20(26)23-10-19(25)24-11-21(27)28/h2-9H,10-12H2,1H3,(H,23,26)(H,24,25)(H,27,28). The molecule has 1 aliphatic rings. The molecule has 1 heterocycles. The second kappa shape index (κ2) is 10.1. The minimum Gasteiger partial charge on any atom is -0.497 e. The van der Waals surface area contributed by atoms with E-state index in [0.717, 1.165) is 5.56 Å². The normalized spacial score (nSPS) is 13.2. The molecular formula is C22H20N2O8. The van der Waals surface area contributed by atoms with E-state index >= 15 is 0 Å². The third kappa shape index (κ3) is 5.85. The molecular weight excluding hydrogens is 420 g/mol. The fourth-order valence-electron chi connectivity index (χ4n) is 2.72. The van der Waals surface area contributed by atoms with E-state index in [2.05, 4.69) is 10.6 Å². The third-order valence-electron chi connectivity index (χ3n) is 4.31. The Bertz CT molecular complexity index is 1080. The van der Waals surface area contributed by atoms with E-state index in [9.17, 15) is 19.2 Å². The number of ketones is 1. The molecule has 0 unspecified atom stereocenters. The van der Waals surface area contributed by atoms with E-state index in [1.807, 2.05) is 0 Å². The first-order valence-corrected chi connectivity index (χ1v) is 9.46. The molecule has 0 saturated heterocycles. The van der Waals surface area contributed by atoms with Gasteiger partial charge in [0.05, 0.1) is 19.2 Å². The highest BCUT2D eigenvalue weighted by molar-refractivity contribution is 6.14. The van der Waals surface area contributed by atoms with Crippen molar-refractivity contribution in [3.8, 4) is 17.2 Å². The zero-order valence-corrected chi connectivity index (χ0v) is 17.0.